The largest absolute Gasteiger partial charge is 0.257 e. The molecule has 0 bridgehead atoms. The summed E-state index contributed by atoms with van der Waals surface area (Å²) in [5.74, 6) is 0. The van der Waals surface area contributed by atoms with E-state index >= 15 is 0 Å². The van der Waals surface area contributed by atoms with Crippen molar-refractivity contribution < 1.29 is 0 Å². The SMILES string of the molecule is CC/C(=C\c1ccccn1)P(C)C. The van der Waals surface area contributed by atoms with Crippen LogP contribution in [0.2, 0.25) is 0 Å². The molecular weight excluding hydrogens is 177 g/mol. The van der Waals surface area contributed by atoms with Crippen LogP contribution in [0.25, 0.3) is 6.08 Å². The fourth-order valence-electron chi connectivity index (χ4n) is 1.18. The third kappa shape index (κ3) is 3.28. The van der Waals surface area contributed by atoms with E-state index in [9.17, 15) is 0 Å². The van der Waals surface area contributed by atoms with Crippen LogP contribution >= 0.6 is 7.92 Å². The molecule has 0 radical (unpaired) electrons. The van der Waals surface area contributed by atoms with Gasteiger partial charge < -0.3 is 0 Å². The number of allylic oxidation sites excluding steroid dienone is 1. The monoisotopic (exact) mass is 193 g/mol. The Morgan fingerprint density at radius 2 is 2.23 bits per heavy atom. The highest BCUT2D eigenvalue weighted by molar-refractivity contribution is 7.60. The molecule has 0 N–H and O–H groups in total. The Labute approximate surface area is 81.7 Å². The molecule has 1 aromatic heterocycles. The van der Waals surface area contributed by atoms with Crippen LogP contribution in [0.15, 0.2) is 29.7 Å². The maximum Gasteiger partial charge on any atom is 0.0632 e. The first kappa shape index (κ1) is 10.4. The molecule has 1 rings (SSSR count). The Hall–Kier alpha value is -0.680. The molecule has 2 heteroatoms. The van der Waals surface area contributed by atoms with Crippen molar-refractivity contribution in [3.8, 4) is 0 Å². The highest BCUT2D eigenvalue weighted by Gasteiger charge is 1.99. The molecule has 0 saturated heterocycles. The Morgan fingerprint density at radius 3 is 2.69 bits per heavy atom. The molecule has 1 heterocycles. The van der Waals surface area contributed by atoms with E-state index in [1.54, 1.807) is 0 Å². The highest BCUT2D eigenvalue weighted by atomic mass is 31.1. The van der Waals surface area contributed by atoms with Crippen LogP contribution in [-0.4, -0.2) is 18.3 Å². The molecule has 0 saturated carbocycles. The van der Waals surface area contributed by atoms with Gasteiger partial charge in [0.2, 0.25) is 0 Å². The van der Waals surface area contributed by atoms with Gasteiger partial charge in [-0.25, -0.2) is 0 Å². The lowest BCUT2D eigenvalue weighted by Crippen LogP contribution is -1.81. The van der Waals surface area contributed by atoms with Crippen molar-refractivity contribution in [2.75, 3.05) is 13.3 Å². The molecule has 0 unspecified atom stereocenters. The molecule has 0 aliphatic carbocycles. The minimum Gasteiger partial charge on any atom is -0.257 e. The number of hydrogen-bond acceptors (Lipinski definition) is 1. The predicted molar refractivity (Wildman–Crippen MR) is 61.3 cm³/mol. The maximum atomic E-state index is 4.28. The quantitative estimate of drug-likeness (QED) is 0.669. The van der Waals surface area contributed by atoms with E-state index in [0.29, 0.717) is 0 Å². The summed E-state index contributed by atoms with van der Waals surface area (Å²) in [6.45, 7) is 6.78. The summed E-state index contributed by atoms with van der Waals surface area (Å²) in [6.07, 6.45) is 5.19. The fraction of sp³-hybridized carbons (Fsp3) is 0.364. The molecule has 1 aromatic rings. The smallest absolute Gasteiger partial charge is 0.0632 e. The molecule has 0 fully saturated rings. The van der Waals surface area contributed by atoms with E-state index in [1.165, 1.54) is 5.31 Å². The summed E-state index contributed by atoms with van der Waals surface area (Å²) in [6, 6.07) is 6.03. The second-order valence-corrected chi connectivity index (χ2v) is 5.50. The first-order chi connectivity index (χ1) is 6.24. The van der Waals surface area contributed by atoms with Crippen LogP contribution in [0.5, 0.6) is 0 Å². The Kier molecular flexibility index (Phi) is 4.11. The second-order valence-electron chi connectivity index (χ2n) is 3.14. The van der Waals surface area contributed by atoms with Crippen LogP contribution in [-0.2, 0) is 0 Å². The zero-order valence-corrected chi connectivity index (χ0v) is 9.38. The molecule has 0 aliphatic rings. The molecule has 1 nitrogen and oxygen atoms in total. The summed E-state index contributed by atoms with van der Waals surface area (Å²) in [4.78, 5) is 4.28. The Bertz CT molecular complexity index is 277. The molecule has 0 atom stereocenters. The molecule has 13 heavy (non-hydrogen) atoms. The van der Waals surface area contributed by atoms with E-state index in [2.05, 4.69) is 37.4 Å². The zero-order chi connectivity index (χ0) is 9.68. The van der Waals surface area contributed by atoms with E-state index in [0.717, 1.165) is 12.1 Å². The lowest BCUT2D eigenvalue weighted by atomic mass is 10.3. The lowest BCUT2D eigenvalue weighted by molar-refractivity contribution is 1.19. The van der Waals surface area contributed by atoms with Crippen molar-refractivity contribution >= 4 is 14.0 Å². The Morgan fingerprint density at radius 1 is 1.46 bits per heavy atom. The van der Waals surface area contributed by atoms with Gasteiger partial charge in [-0.3, -0.25) is 4.98 Å². The third-order valence-corrected chi connectivity index (χ3v) is 3.53. The van der Waals surface area contributed by atoms with E-state index < -0.39 is 0 Å². The molecule has 0 spiro atoms. The predicted octanol–water partition coefficient (Wildman–Crippen LogP) is 3.57. The van der Waals surface area contributed by atoms with Crippen LogP contribution in [0.4, 0.5) is 0 Å². The van der Waals surface area contributed by atoms with Crippen molar-refractivity contribution in [3.63, 3.8) is 0 Å². The van der Waals surface area contributed by atoms with Crippen LogP contribution in [0, 0.1) is 0 Å². The summed E-state index contributed by atoms with van der Waals surface area (Å²) < 4.78 is 0. The van der Waals surface area contributed by atoms with Crippen LogP contribution in [0.3, 0.4) is 0 Å². The van der Waals surface area contributed by atoms with Crippen molar-refractivity contribution in [1.82, 2.24) is 4.98 Å². The molecular formula is C11H16NP. The summed E-state index contributed by atoms with van der Waals surface area (Å²) in [7, 11) is 0.0334. The molecule has 70 valence electrons. The summed E-state index contributed by atoms with van der Waals surface area (Å²) in [5.41, 5.74) is 1.08. The van der Waals surface area contributed by atoms with Gasteiger partial charge in [0.1, 0.15) is 0 Å². The van der Waals surface area contributed by atoms with Crippen molar-refractivity contribution in [2.45, 2.75) is 13.3 Å². The van der Waals surface area contributed by atoms with Gasteiger partial charge in [-0.2, -0.15) is 0 Å². The second kappa shape index (κ2) is 5.14. The van der Waals surface area contributed by atoms with E-state index in [4.69, 9.17) is 0 Å². The topological polar surface area (TPSA) is 12.9 Å². The molecule has 0 aliphatic heterocycles. The third-order valence-electron chi connectivity index (χ3n) is 1.94. The van der Waals surface area contributed by atoms with Crippen LogP contribution in [0.1, 0.15) is 19.0 Å². The van der Waals surface area contributed by atoms with Gasteiger partial charge in [-0.15, -0.1) is 0 Å². The van der Waals surface area contributed by atoms with E-state index in [1.807, 2.05) is 18.3 Å². The number of nitrogens with zero attached hydrogens (tertiary/aromatic N) is 1. The first-order valence-corrected chi connectivity index (χ1v) is 6.76. The van der Waals surface area contributed by atoms with Gasteiger partial charge in [0.25, 0.3) is 0 Å². The van der Waals surface area contributed by atoms with Crippen molar-refractivity contribution in [3.05, 3.63) is 35.4 Å². The minimum absolute atomic E-state index is 0.0334. The van der Waals surface area contributed by atoms with Gasteiger partial charge in [-0.1, -0.05) is 20.9 Å². The zero-order valence-electron chi connectivity index (χ0n) is 8.49. The maximum absolute atomic E-state index is 4.28. The number of aromatic nitrogens is 1. The highest BCUT2D eigenvalue weighted by Crippen LogP contribution is 2.39. The number of hydrogen-bond donors (Lipinski definition) is 0. The molecule has 0 aromatic carbocycles. The average molecular weight is 193 g/mol. The van der Waals surface area contributed by atoms with Gasteiger partial charge in [0.05, 0.1) is 5.69 Å². The first-order valence-electron chi connectivity index (χ1n) is 4.53. The van der Waals surface area contributed by atoms with Crippen LogP contribution < -0.4 is 0 Å². The summed E-state index contributed by atoms with van der Waals surface area (Å²) in [5, 5.41) is 1.52. The summed E-state index contributed by atoms with van der Waals surface area (Å²) >= 11 is 0. The Balaban J connectivity index is 2.85. The van der Waals surface area contributed by atoms with Gasteiger partial charge in [-0.05, 0) is 43.3 Å². The fourth-order valence-corrected chi connectivity index (χ4v) is 2.20. The van der Waals surface area contributed by atoms with Crippen molar-refractivity contribution in [2.24, 2.45) is 0 Å². The van der Waals surface area contributed by atoms with Crippen molar-refractivity contribution in [1.29, 1.82) is 0 Å². The average Bonchev–Trinajstić information content (AvgIpc) is 2.15. The van der Waals surface area contributed by atoms with E-state index in [-0.39, 0.29) is 7.92 Å². The van der Waals surface area contributed by atoms with Gasteiger partial charge >= 0.3 is 0 Å². The normalized spacial score (nSPS) is 12.2. The van der Waals surface area contributed by atoms with Gasteiger partial charge in [0.15, 0.2) is 0 Å². The molecule has 0 amide bonds. The number of rotatable bonds is 3. The standard InChI is InChI=1S/C11H16NP/c1-4-11(13(2)3)9-10-7-5-6-8-12-10/h5-9H,4H2,1-3H3/b11-9+. The lowest BCUT2D eigenvalue weighted by Gasteiger charge is -2.08. The van der Waals surface area contributed by atoms with Gasteiger partial charge in [0, 0.05) is 6.20 Å². The minimum atomic E-state index is 0.0334. The number of pyridine rings is 1.